The van der Waals surface area contributed by atoms with E-state index >= 15 is 0 Å². The molecule has 2 aromatic rings. The summed E-state index contributed by atoms with van der Waals surface area (Å²) in [6, 6.07) is 8.64. The molecule has 3 rings (SSSR count). The quantitative estimate of drug-likeness (QED) is 0.913. The van der Waals surface area contributed by atoms with Gasteiger partial charge in [0, 0.05) is 44.5 Å². The van der Waals surface area contributed by atoms with Crippen molar-refractivity contribution in [2.45, 2.75) is 26.5 Å². The molecular formula is C18H26N4O2. The molecule has 1 unspecified atom stereocenters. The lowest BCUT2D eigenvalue weighted by Crippen LogP contribution is -2.44. The van der Waals surface area contributed by atoms with Crippen molar-refractivity contribution < 1.29 is 9.84 Å². The first kappa shape index (κ1) is 16.8. The van der Waals surface area contributed by atoms with Crippen LogP contribution in [-0.2, 0) is 6.54 Å². The predicted octanol–water partition coefficient (Wildman–Crippen LogP) is 2.50. The molecule has 1 atom stereocenters. The zero-order chi connectivity index (χ0) is 17.1. The van der Waals surface area contributed by atoms with Gasteiger partial charge in [-0.25, -0.2) is 4.98 Å². The maximum absolute atomic E-state index is 9.82. The number of imidazole rings is 1. The molecule has 6 nitrogen and oxygen atoms in total. The number of aliphatic hydroxyl groups is 1. The van der Waals surface area contributed by atoms with Crippen molar-refractivity contribution in [1.82, 2.24) is 14.5 Å². The van der Waals surface area contributed by atoms with E-state index in [1.165, 1.54) is 5.69 Å². The van der Waals surface area contributed by atoms with Gasteiger partial charge in [-0.2, -0.15) is 0 Å². The van der Waals surface area contributed by atoms with Crippen molar-refractivity contribution >= 4 is 5.69 Å². The average molecular weight is 330 g/mol. The number of likely N-dealkylation sites (N-methyl/N-ethyl adjacent to an activating group) is 1. The van der Waals surface area contributed by atoms with Gasteiger partial charge in [0.25, 0.3) is 0 Å². The summed E-state index contributed by atoms with van der Waals surface area (Å²) < 4.78 is 7.88. The van der Waals surface area contributed by atoms with E-state index < -0.39 is 6.10 Å². The minimum atomic E-state index is -0.563. The van der Waals surface area contributed by atoms with E-state index in [1.807, 2.05) is 23.6 Å². The monoisotopic (exact) mass is 330 g/mol. The maximum Gasteiger partial charge on any atom is 0.302 e. The first-order chi connectivity index (χ1) is 11.6. The third-order valence-electron chi connectivity index (χ3n) is 4.49. The van der Waals surface area contributed by atoms with Crippen LogP contribution in [-0.4, -0.2) is 52.8 Å². The van der Waals surface area contributed by atoms with Gasteiger partial charge < -0.3 is 19.6 Å². The number of hydrogen-bond donors (Lipinski definition) is 1. The Morgan fingerprint density at radius 1 is 1.25 bits per heavy atom. The van der Waals surface area contributed by atoms with Crippen LogP contribution in [0.2, 0.25) is 0 Å². The van der Waals surface area contributed by atoms with Crippen molar-refractivity contribution in [3.8, 4) is 11.8 Å². The number of ether oxygens (including phenoxy) is 1. The molecule has 0 bridgehead atoms. The smallest absolute Gasteiger partial charge is 0.302 e. The molecule has 1 N–H and O–H groups in total. The lowest BCUT2D eigenvalue weighted by atomic mass is 10.2. The number of aromatic nitrogens is 2. The van der Waals surface area contributed by atoms with E-state index in [-0.39, 0.29) is 0 Å². The molecule has 0 amide bonds. The summed E-state index contributed by atoms with van der Waals surface area (Å²) in [6.45, 7) is 8.65. The van der Waals surface area contributed by atoms with Gasteiger partial charge in [0.2, 0.25) is 0 Å². The third kappa shape index (κ3) is 3.55. The van der Waals surface area contributed by atoms with E-state index in [0.29, 0.717) is 12.6 Å². The van der Waals surface area contributed by atoms with Gasteiger partial charge in [-0.3, -0.25) is 4.57 Å². The van der Waals surface area contributed by atoms with Gasteiger partial charge >= 0.3 is 6.01 Å². The van der Waals surface area contributed by atoms with E-state index in [1.54, 1.807) is 13.1 Å². The fourth-order valence-corrected chi connectivity index (χ4v) is 3.02. The molecule has 24 heavy (non-hydrogen) atoms. The standard InChI is InChI=1S/C18H26N4O2/c1-4-22-17(14(2)23)13-19-18(22)24-16-7-5-6-15(12-16)21-10-8-20(3)9-11-21/h5-7,12-14,23H,4,8-11H2,1-3H3. The number of anilines is 1. The molecule has 0 spiro atoms. The van der Waals surface area contributed by atoms with Crippen molar-refractivity contribution in [2.75, 3.05) is 38.1 Å². The van der Waals surface area contributed by atoms with Gasteiger partial charge in [-0.1, -0.05) is 6.07 Å². The first-order valence-corrected chi connectivity index (χ1v) is 8.53. The number of benzene rings is 1. The van der Waals surface area contributed by atoms with Crippen LogP contribution in [0.25, 0.3) is 0 Å². The van der Waals surface area contributed by atoms with Crippen LogP contribution >= 0.6 is 0 Å². The molecule has 0 aliphatic carbocycles. The Morgan fingerprint density at radius 2 is 2.00 bits per heavy atom. The second kappa shape index (κ2) is 7.23. The highest BCUT2D eigenvalue weighted by Gasteiger charge is 2.17. The van der Waals surface area contributed by atoms with Crippen molar-refractivity contribution in [3.63, 3.8) is 0 Å². The largest absolute Gasteiger partial charge is 0.425 e. The molecule has 1 saturated heterocycles. The molecular weight excluding hydrogens is 304 g/mol. The molecule has 6 heteroatoms. The summed E-state index contributed by atoms with van der Waals surface area (Å²) >= 11 is 0. The lowest BCUT2D eigenvalue weighted by molar-refractivity contribution is 0.188. The third-order valence-corrected chi connectivity index (χ3v) is 4.49. The number of piperazine rings is 1. The molecule has 1 aliphatic rings. The highest BCUT2D eigenvalue weighted by Crippen LogP contribution is 2.28. The number of aliphatic hydroxyl groups excluding tert-OH is 1. The van der Waals surface area contributed by atoms with Crippen LogP contribution in [0.3, 0.4) is 0 Å². The highest BCUT2D eigenvalue weighted by molar-refractivity contribution is 5.51. The zero-order valence-electron chi connectivity index (χ0n) is 14.6. The molecule has 0 radical (unpaired) electrons. The van der Waals surface area contributed by atoms with Crippen LogP contribution in [0.1, 0.15) is 25.6 Å². The normalized spacial score (nSPS) is 17.1. The van der Waals surface area contributed by atoms with Gasteiger partial charge in [-0.15, -0.1) is 0 Å². The summed E-state index contributed by atoms with van der Waals surface area (Å²) in [5.74, 6) is 0.767. The number of nitrogens with zero attached hydrogens (tertiary/aromatic N) is 4. The van der Waals surface area contributed by atoms with Crippen molar-refractivity contribution in [2.24, 2.45) is 0 Å². The van der Waals surface area contributed by atoms with E-state index in [4.69, 9.17) is 4.74 Å². The summed E-state index contributed by atoms with van der Waals surface area (Å²) in [7, 11) is 2.15. The molecule has 1 aliphatic heterocycles. The van der Waals surface area contributed by atoms with Gasteiger partial charge in [-0.05, 0) is 33.0 Å². The SMILES string of the molecule is CCn1c(C(C)O)cnc1Oc1cccc(N2CCN(C)CC2)c1. The Labute approximate surface area is 143 Å². The fraction of sp³-hybridized carbons (Fsp3) is 0.500. The van der Waals surface area contributed by atoms with Crippen molar-refractivity contribution in [1.29, 1.82) is 0 Å². The Hall–Kier alpha value is -2.05. The van der Waals surface area contributed by atoms with Crippen LogP contribution in [0.5, 0.6) is 11.8 Å². The van der Waals surface area contributed by atoms with Crippen LogP contribution in [0.15, 0.2) is 30.5 Å². The summed E-state index contributed by atoms with van der Waals surface area (Å²) in [6.07, 6.45) is 1.11. The van der Waals surface area contributed by atoms with Crippen molar-refractivity contribution in [3.05, 3.63) is 36.2 Å². The average Bonchev–Trinajstić information content (AvgIpc) is 2.98. The second-order valence-electron chi connectivity index (χ2n) is 6.28. The lowest BCUT2D eigenvalue weighted by Gasteiger charge is -2.34. The van der Waals surface area contributed by atoms with Gasteiger partial charge in [0.1, 0.15) is 5.75 Å². The number of hydrogen-bond acceptors (Lipinski definition) is 5. The molecule has 1 aromatic heterocycles. The minimum Gasteiger partial charge on any atom is -0.425 e. The van der Waals surface area contributed by atoms with Gasteiger partial charge in [0.05, 0.1) is 18.0 Å². The maximum atomic E-state index is 9.82. The Kier molecular flexibility index (Phi) is 5.06. The first-order valence-electron chi connectivity index (χ1n) is 8.53. The second-order valence-corrected chi connectivity index (χ2v) is 6.28. The van der Waals surface area contributed by atoms with E-state index in [0.717, 1.165) is 37.6 Å². The fourth-order valence-electron chi connectivity index (χ4n) is 3.02. The molecule has 1 fully saturated rings. The molecule has 130 valence electrons. The van der Waals surface area contributed by atoms with Gasteiger partial charge in [0.15, 0.2) is 0 Å². The van der Waals surface area contributed by atoms with E-state index in [9.17, 15) is 5.11 Å². The zero-order valence-corrected chi connectivity index (χ0v) is 14.6. The Morgan fingerprint density at radius 3 is 2.67 bits per heavy atom. The highest BCUT2D eigenvalue weighted by atomic mass is 16.5. The molecule has 0 saturated carbocycles. The van der Waals surface area contributed by atoms with Crippen LogP contribution in [0, 0.1) is 0 Å². The summed E-state index contributed by atoms with van der Waals surface area (Å²) in [5.41, 5.74) is 1.94. The van der Waals surface area contributed by atoms with Crippen LogP contribution in [0.4, 0.5) is 5.69 Å². The topological polar surface area (TPSA) is 53.8 Å². The Balaban J connectivity index is 1.78. The minimum absolute atomic E-state index is 0.518. The summed E-state index contributed by atoms with van der Waals surface area (Å²) in [5, 5.41) is 9.82. The van der Waals surface area contributed by atoms with Crippen LogP contribution < -0.4 is 9.64 Å². The molecule has 1 aromatic carbocycles. The summed E-state index contributed by atoms with van der Waals surface area (Å²) in [4.78, 5) is 9.03. The molecule has 2 heterocycles. The van der Waals surface area contributed by atoms with E-state index in [2.05, 4.69) is 34.0 Å². The Bertz CT molecular complexity index is 675. The number of rotatable bonds is 5. The predicted molar refractivity (Wildman–Crippen MR) is 94.8 cm³/mol.